The third kappa shape index (κ3) is 3.38. The minimum absolute atomic E-state index is 0.0382. The maximum absolute atomic E-state index is 5.66. The lowest BCUT2D eigenvalue weighted by atomic mass is 10.3. The van der Waals surface area contributed by atoms with Crippen LogP contribution in [0.15, 0.2) is 15.9 Å². The number of hydrogen-bond acceptors (Lipinski definition) is 3. The van der Waals surface area contributed by atoms with Crippen LogP contribution in [-0.4, -0.2) is 12.6 Å². The van der Waals surface area contributed by atoms with Crippen molar-refractivity contribution in [3.05, 3.63) is 20.8 Å². The number of halogens is 1. The number of rotatable bonds is 4. The lowest BCUT2D eigenvalue weighted by Crippen LogP contribution is -2.18. The van der Waals surface area contributed by atoms with Gasteiger partial charge in [0.25, 0.3) is 0 Å². The van der Waals surface area contributed by atoms with Crippen LogP contribution in [0.25, 0.3) is 0 Å². The molecule has 1 aromatic heterocycles. The second-order valence-corrected chi connectivity index (χ2v) is 4.93. The molecule has 0 radical (unpaired) electrons. The van der Waals surface area contributed by atoms with Crippen LogP contribution in [0, 0.1) is 0 Å². The summed E-state index contributed by atoms with van der Waals surface area (Å²) in [4.78, 5) is 1.18. The fraction of sp³-hybridized carbons (Fsp3) is 0.556. The first kappa shape index (κ1) is 11.2. The molecule has 13 heavy (non-hydrogen) atoms. The van der Waals surface area contributed by atoms with Crippen LogP contribution in [0.1, 0.15) is 24.8 Å². The summed E-state index contributed by atoms with van der Waals surface area (Å²) in [6, 6.07) is 2.06. The zero-order valence-corrected chi connectivity index (χ0v) is 10.2. The number of nitrogens with two attached hydrogens (primary N) is 1. The van der Waals surface area contributed by atoms with Crippen molar-refractivity contribution < 1.29 is 4.74 Å². The van der Waals surface area contributed by atoms with E-state index in [0.717, 1.165) is 4.47 Å². The summed E-state index contributed by atoms with van der Waals surface area (Å²) in [5, 5.41) is 2.04. The first-order valence-corrected chi connectivity index (χ1v) is 5.90. The fourth-order valence-corrected chi connectivity index (χ4v) is 2.56. The Balaban J connectivity index is 2.66. The van der Waals surface area contributed by atoms with Gasteiger partial charge in [0.1, 0.15) is 6.10 Å². The van der Waals surface area contributed by atoms with Gasteiger partial charge in [0.05, 0.1) is 6.10 Å². The molecule has 0 saturated heterocycles. The normalized spacial score (nSPS) is 13.6. The highest BCUT2D eigenvalue weighted by Crippen LogP contribution is 2.27. The lowest BCUT2D eigenvalue weighted by Gasteiger charge is -2.17. The van der Waals surface area contributed by atoms with Crippen LogP contribution in [0.5, 0.6) is 0 Å². The molecule has 0 aliphatic rings. The Labute approximate surface area is 91.2 Å². The van der Waals surface area contributed by atoms with Crippen LogP contribution in [0.4, 0.5) is 0 Å². The van der Waals surface area contributed by atoms with E-state index in [4.69, 9.17) is 10.5 Å². The van der Waals surface area contributed by atoms with Crippen molar-refractivity contribution in [3.63, 3.8) is 0 Å². The topological polar surface area (TPSA) is 35.2 Å². The molecule has 0 spiro atoms. The Bertz CT molecular complexity index is 262. The van der Waals surface area contributed by atoms with Gasteiger partial charge in [-0.05, 0) is 35.8 Å². The van der Waals surface area contributed by atoms with E-state index in [2.05, 4.69) is 22.0 Å². The van der Waals surface area contributed by atoms with Gasteiger partial charge in [-0.3, -0.25) is 0 Å². The van der Waals surface area contributed by atoms with E-state index in [9.17, 15) is 0 Å². The third-order valence-corrected chi connectivity index (χ3v) is 3.34. The summed E-state index contributed by atoms with van der Waals surface area (Å²) in [7, 11) is 0. The second kappa shape index (κ2) is 5.10. The van der Waals surface area contributed by atoms with E-state index in [-0.39, 0.29) is 12.2 Å². The zero-order valence-electron chi connectivity index (χ0n) is 7.79. The first-order valence-electron chi connectivity index (χ1n) is 4.23. The summed E-state index contributed by atoms with van der Waals surface area (Å²) in [6.07, 6.45) is 0.255. The molecule has 0 aliphatic heterocycles. The molecule has 2 nitrogen and oxygen atoms in total. The Hall–Kier alpha value is 0.1000. The molecule has 1 atom stereocenters. The predicted octanol–water partition coefficient (Wildman–Crippen LogP) is 2.94. The third-order valence-electron chi connectivity index (χ3n) is 1.56. The van der Waals surface area contributed by atoms with Crippen molar-refractivity contribution >= 4 is 27.3 Å². The van der Waals surface area contributed by atoms with Crippen LogP contribution < -0.4 is 5.73 Å². The molecule has 74 valence electrons. The van der Waals surface area contributed by atoms with E-state index < -0.39 is 0 Å². The second-order valence-electron chi connectivity index (χ2n) is 3.08. The minimum atomic E-state index is 0.0382. The summed E-state index contributed by atoms with van der Waals surface area (Å²) < 4.78 is 6.76. The van der Waals surface area contributed by atoms with Crippen molar-refractivity contribution in [1.82, 2.24) is 0 Å². The molecule has 0 aliphatic carbocycles. The van der Waals surface area contributed by atoms with Crippen LogP contribution in [0.3, 0.4) is 0 Å². The van der Waals surface area contributed by atoms with Crippen LogP contribution >= 0.6 is 27.3 Å². The van der Waals surface area contributed by atoms with Gasteiger partial charge < -0.3 is 10.5 Å². The monoisotopic (exact) mass is 263 g/mol. The van der Waals surface area contributed by atoms with E-state index in [0.29, 0.717) is 6.54 Å². The van der Waals surface area contributed by atoms with Gasteiger partial charge in [0.15, 0.2) is 0 Å². The van der Waals surface area contributed by atoms with E-state index in [1.807, 2.05) is 19.2 Å². The molecule has 1 rings (SSSR count). The largest absolute Gasteiger partial charge is 0.369 e. The van der Waals surface area contributed by atoms with Gasteiger partial charge >= 0.3 is 0 Å². The van der Waals surface area contributed by atoms with Crippen molar-refractivity contribution in [1.29, 1.82) is 0 Å². The summed E-state index contributed by atoms with van der Waals surface area (Å²) >= 11 is 5.08. The van der Waals surface area contributed by atoms with Gasteiger partial charge in [0, 0.05) is 21.3 Å². The fourth-order valence-electron chi connectivity index (χ4n) is 1.06. The Kier molecular flexibility index (Phi) is 4.38. The molecule has 0 saturated carbocycles. The average molecular weight is 264 g/mol. The van der Waals surface area contributed by atoms with Crippen molar-refractivity contribution in [3.8, 4) is 0 Å². The summed E-state index contributed by atoms with van der Waals surface area (Å²) in [5.74, 6) is 0. The number of hydrogen-bond donors (Lipinski definition) is 1. The molecule has 1 unspecified atom stereocenters. The van der Waals surface area contributed by atoms with Gasteiger partial charge in [-0.2, -0.15) is 0 Å². The minimum Gasteiger partial charge on any atom is -0.369 e. The van der Waals surface area contributed by atoms with E-state index in [1.165, 1.54) is 4.88 Å². The van der Waals surface area contributed by atoms with E-state index in [1.54, 1.807) is 11.3 Å². The first-order chi connectivity index (χ1) is 6.13. The lowest BCUT2D eigenvalue weighted by molar-refractivity contribution is 0.0140. The molecule has 2 N–H and O–H groups in total. The maximum atomic E-state index is 5.66. The maximum Gasteiger partial charge on any atom is 0.104 e. The SMILES string of the molecule is CC(C)OC(CN)c1cc(Br)cs1. The molecule has 0 amide bonds. The molecule has 0 aromatic carbocycles. The highest BCUT2D eigenvalue weighted by molar-refractivity contribution is 9.10. The Morgan fingerprint density at radius 1 is 1.62 bits per heavy atom. The summed E-state index contributed by atoms with van der Waals surface area (Å²) in [5.41, 5.74) is 5.63. The highest BCUT2D eigenvalue weighted by Gasteiger charge is 2.13. The van der Waals surface area contributed by atoms with Gasteiger partial charge in [-0.25, -0.2) is 0 Å². The van der Waals surface area contributed by atoms with Crippen molar-refractivity contribution in [2.45, 2.75) is 26.1 Å². The number of thiophene rings is 1. The molecular weight excluding hydrogens is 250 g/mol. The molecule has 0 bridgehead atoms. The predicted molar refractivity (Wildman–Crippen MR) is 60.0 cm³/mol. The summed E-state index contributed by atoms with van der Waals surface area (Å²) in [6.45, 7) is 4.57. The molecule has 0 fully saturated rings. The van der Waals surface area contributed by atoms with Gasteiger partial charge in [-0.1, -0.05) is 0 Å². The number of ether oxygens (including phenoxy) is 1. The van der Waals surface area contributed by atoms with Gasteiger partial charge in [-0.15, -0.1) is 11.3 Å². The zero-order chi connectivity index (χ0) is 9.84. The van der Waals surface area contributed by atoms with Crippen LogP contribution in [-0.2, 0) is 4.74 Å². The highest BCUT2D eigenvalue weighted by atomic mass is 79.9. The van der Waals surface area contributed by atoms with Crippen molar-refractivity contribution in [2.75, 3.05) is 6.54 Å². The Morgan fingerprint density at radius 2 is 2.31 bits per heavy atom. The van der Waals surface area contributed by atoms with Crippen LogP contribution in [0.2, 0.25) is 0 Å². The average Bonchev–Trinajstić information content (AvgIpc) is 2.47. The van der Waals surface area contributed by atoms with Gasteiger partial charge in [0.2, 0.25) is 0 Å². The molecule has 1 heterocycles. The van der Waals surface area contributed by atoms with E-state index >= 15 is 0 Å². The Morgan fingerprint density at radius 3 is 2.69 bits per heavy atom. The quantitative estimate of drug-likeness (QED) is 0.907. The molecular formula is C9H14BrNOS. The smallest absolute Gasteiger partial charge is 0.104 e. The molecule has 1 aromatic rings. The standard InChI is InChI=1S/C9H14BrNOS/c1-6(2)12-8(4-11)9-3-7(10)5-13-9/h3,5-6,8H,4,11H2,1-2H3. The molecule has 4 heteroatoms. The van der Waals surface area contributed by atoms with Crippen molar-refractivity contribution in [2.24, 2.45) is 5.73 Å².